The molecule has 26 heavy (non-hydrogen) atoms. The summed E-state index contributed by atoms with van der Waals surface area (Å²) in [4.78, 5) is 12.0. The number of nitrogens with one attached hydrogen (secondary N) is 1. The lowest BCUT2D eigenvalue weighted by Gasteiger charge is -2.23. The number of amides is 1. The molecule has 140 valence electrons. The maximum atomic E-state index is 12.0. The van der Waals surface area contributed by atoms with Gasteiger partial charge >= 0.3 is 0 Å². The zero-order chi connectivity index (χ0) is 19.2. The van der Waals surface area contributed by atoms with Crippen LogP contribution in [0.1, 0.15) is 51.2 Å². The van der Waals surface area contributed by atoms with Crippen molar-refractivity contribution in [2.24, 2.45) is 0 Å². The Morgan fingerprint density at radius 2 is 1.85 bits per heavy atom. The van der Waals surface area contributed by atoms with Gasteiger partial charge in [0.05, 0.1) is 6.61 Å². The maximum absolute atomic E-state index is 12.0. The van der Waals surface area contributed by atoms with Crippen molar-refractivity contribution in [3.8, 4) is 5.75 Å². The van der Waals surface area contributed by atoms with Crippen molar-refractivity contribution < 1.29 is 9.53 Å². The smallest absolute Gasteiger partial charge is 0.224 e. The minimum absolute atomic E-state index is 0.0148. The Labute approximate surface area is 161 Å². The first kappa shape index (κ1) is 20.3. The van der Waals surface area contributed by atoms with Gasteiger partial charge in [-0.2, -0.15) is 0 Å². The molecule has 0 fully saturated rings. The van der Waals surface area contributed by atoms with Crippen LogP contribution in [0.2, 0.25) is 5.02 Å². The Morgan fingerprint density at radius 1 is 1.15 bits per heavy atom. The highest BCUT2D eigenvalue weighted by Gasteiger charge is 2.17. The first-order chi connectivity index (χ1) is 12.3. The van der Waals surface area contributed by atoms with Crippen LogP contribution < -0.4 is 10.1 Å². The Kier molecular flexibility index (Phi) is 7.10. The number of ether oxygens (including phenoxy) is 1. The number of carbonyl (C=O) groups is 1. The number of hydrogen-bond acceptors (Lipinski definition) is 2. The molecule has 2 aromatic carbocycles. The van der Waals surface area contributed by atoms with Crippen molar-refractivity contribution in [2.45, 2.75) is 52.4 Å². The molecular weight excluding hydrogens is 346 g/mol. The molecule has 2 rings (SSSR count). The fraction of sp³-hybridized carbons (Fsp3) is 0.409. The zero-order valence-corrected chi connectivity index (χ0v) is 16.8. The van der Waals surface area contributed by atoms with Gasteiger partial charge in [0.25, 0.3) is 0 Å². The molecule has 2 aromatic rings. The van der Waals surface area contributed by atoms with Crippen molar-refractivity contribution >= 4 is 23.2 Å². The van der Waals surface area contributed by atoms with Crippen molar-refractivity contribution in [3.05, 3.63) is 58.6 Å². The predicted octanol–water partition coefficient (Wildman–Crippen LogP) is 6.13. The molecular formula is C22H28ClNO2. The second kappa shape index (κ2) is 9.09. The molecule has 0 aromatic heterocycles. The van der Waals surface area contributed by atoms with Crippen LogP contribution in [0.25, 0.3) is 0 Å². The van der Waals surface area contributed by atoms with E-state index in [9.17, 15) is 4.79 Å². The minimum Gasteiger partial charge on any atom is -0.494 e. The molecule has 0 aliphatic carbocycles. The maximum Gasteiger partial charge on any atom is 0.224 e. The van der Waals surface area contributed by atoms with Gasteiger partial charge in [0, 0.05) is 17.1 Å². The van der Waals surface area contributed by atoms with Crippen LogP contribution >= 0.6 is 11.6 Å². The van der Waals surface area contributed by atoms with Gasteiger partial charge in [0.1, 0.15) is 5.75 Å². The number of hydrogen-bond donors (Lipinski definition) is 1. The van der Waals surface area contributed by atoms with Crippen LogP contribution in [-0.2, 0) is 10.2 Å². The van der Waals surface area contributed by atoms with Crippen LogP contribution in [0.4, 0.5) is 5.69 Å². The van der Waals surface area contributed by atoms with Gasteiger partial charge < -0.3 is 10.1 Å². The van der Waals surface area contributed by atoms with Gasteiger partial charge in [0.15, 0.2) is 0 Å². The predicted molar refractivity (Wildman–Crippen MR) is 109 cm³/mol. The third-order valence-corrected chi connectivity index (χ3v) is 5.03. The molecule has 1 N–H and O–H groups in total. The van der Waals surface area contributed by atoms with E-state index in [0.717, 1.165) is 23.4 Å². The van der Waals surface area contributed by atoms with Gasteiger partial charge in [-0.1, -0.05) is 44.5 Å². The summed E-state index contributed by atoms with van der Waals surface area (Å²) >= 11 is 5.93. The number of aryl methyl sites for hydroxylation is 1. The molecule has 0 atom stereocenters. The second-order valence-corrected chi connectivity index (χ2v) is 7.66. The molecule has 0 saturated heterocycles. The van der Waals surface area contributed by atoms with Crippen LogP contribution in [0, 0.1) is 6.92 Å². The Bertz CT molecular complexity index is 738. The lowest BCUT2D eigenvalue weighted by molar-refractivity contribution is -0.116. The summed E-state index contributed by atoms with van der Waals surface area (Å²) in [5, 5.41) is 3.58. The highest BCUT2D eigenvalue weighted by Crippen LogP contribution is 2.28. The molecule has 0 heterocycles. The third-order valence-electron chi connectivity index (χ3n) is 4.80. The average molecular weight is 374 g/mol. The van der Waals surface area contributed by atoms with Gasteiger partial charge in [-0.3, -0.25) is 4.79 Å². The SMILES string of the molecule is CCC(C)(C)c1ccc(OCCCC(=O)Nc2ccc(Cl)cc2C)cc1. The molecule has 0 aliphatic heterocycles. The molecule has 3 nitrogen and oxygen atoms in total. The van der Waals surface area contributed by atoms with Crippen molar-refractivity contribution in [1.82, 2.24) is 0 Å². The number of carbonyl (C=O) groups excluding carboxylic acids is 1. The first-order valence-corrected chi connectivity index (χ1v) is 9.49. The van der Waals surface area contributed by atoms with E-state index in [1.165, 1.54) is 5.56 Å². The quantitative estimate of drug-likeness (QED) is 0.565. The molecule has 0 saturated carbocycles. The number of rotatable bonds is 8. The number of benzene rings is 2. The Morgan fingerprint density at radius 3 is 2.46 bits per heavy atom. The van der Waals surface area contributed by atoms with E-state index in [2.05, 4.69) is 38.2 Å². The molecule has 4 heteroatoms. The van der Waals surface area contributed by atoms with E-state index in [-0.39, 0.29) is 11.3 Å². The van der Waals surface area contributed by atoms with Crippen LogP contribution in [0.3, 0.4) is 0 Å². The summed E-state index contributed by atoms with van der Waals surface area (Å²) in [6.07, 6.45) is 2.18. The van der Waals surface area contributed by atoms with Crippen LogP contribution in [0.5, 0.6) is 5.75 Å². The van der Waals surface area contributed by atoms with Crippen molar-refractivity contribution in [1.29, 1.82) is 0 Å². The number of halogens is 1. The van der Waals surface area contributed by atoms with E-state index in [1.54, 1.807) is 6.07 Å². The molecule has 1 amide bonds. The summed E-state index contributed by atoms with van der Waals surface area (Å²) < 4.78 is 5.75. The summed E-state index contributed by atoms with van der Waals surface area (Å²) in [6, 6.07) is 13.7. The minimum atomic E-state index is -0.0148. The van der Waals surface area contributed by atoms with E-state index >= 15 is 0 Å². The fourth-order valence-electron chi connectivity index (χ4n) is 2.61. The monoisotopic (exact) mass is 373 g/mol. The lowest BCUT2D eigenvalue weighted by atomic mass is 9.82. The lowest BCUT2D eigenvalue weighted by Crippen LogP contribution is -2.15. The van der Waals surface area contributed by atoms with Crippen molar-refractivity contribution in [2.75, 3.05) is 11.9 Å². The van der Waals surface area contributed by atoms with Gasteiger partial charge in [0.2, 0.25) is 5.91 Å². The number of anilines is 1. The molecule has 0 unspecified atom stereocenters. The fourth-order valence-corrected chi connectivity index (χ4v) is 2.84. The van der Waals surface area contributed by atoms with E-state index in [1.807, 2.05) is 31.2 Å². The summed E-state index contributed by atoms with van der Waals surface area (Å²) in [5.41, 5.74) is 3.24. The van der Waals surface area contributed by atoms with Crippen LogP contribution in [-0.4, -0.2) is 12.5 Å². The Balaban J connectivity index is 1.75. The topological polar surface area (TPSA) is 38.3 Å². The van der Waals surface area contributed by atoms with Crippen molar-refractivity contribution in [3.63, 3.8) is 0 Å². The summed E-state index contributed by atoms with van der Waals surface area (Å²) in [6.45, 7) is 9.12. The molecule has 0 bridgehead atoms. The van der Waals surface area contributed by atoms with Gasteiger partial charge in [-0.25, -0.2) is 0 Å². The summed E-state index contributed by atoms with van der Waals surface area (Å²) in [5.74, 6) is 0.827. The first-order valence-electron chi connectivity index (χ1n) is 9.11. The van der Waals surface area contributed by atoms with Gasteiger partial charge in [-0.05, 0) is 66.6 Å². The van der Waals surface area contributed by atoms with E-state index in [4.69, 9.17) is 16.3 Å². The third kappa shape index (κ3) is 5.77. The Hall–Kier alpha value is -2.00. The second-order valence-electron chi connectivity index (χ2n) is 7.22. The zero-order valence-electron chi connectivity index (χ0n) is 16.1. The molecule has 0 spiro atoms. The van der Waals surface area contributed by atoms with E-state index in [0.29, 0.717) is 24.5 Å². The highest BCUT2D eigenvalue weighted by molar-refractivity contribution is 6.30. The van der Waals surface area contributed by atoms with Crippen LogP contribution in [0.15, 0.2) is 42.5 Å². The molecule has 0 aliphatic rings. The average Bonchev–Trinajstić information content (AvgIpc) is 2.61. The summed E-state index contributed by atoms with van der Waals surface area (Å²) in [7, 11) is 0. The standard InChI is InChI=1S/C22H28ClNO2/c1-5-22(3,4)17-8-11-19(12-9-17)26-14-6-7-21(25)24-20-13-10-18(23)15-16(20)2/h8-13,15H,5-7,14H2,1-4H3,(H,24,25). The molecule has 0 radical (unpaired) electrons. The van der Waals surface area contributed by atoms with E-state index < -0.39 is 0 Å². The highest BCUT2D eigenvalue weighted by atomic mass is 35.5. The normalized spacial score (nSPS) is 11.3. The van der Waals surface area contributed by atoms with Gasteiger partial charge in [-0.15, -0.1) is 0 Å². The largest absolute Gasteiger partial charge is 0.494 e.